The van der Waals surface area contributed by atoms with Crippen molar-refractivity contribution < 1.29 is 9.53 Å². The van der Waals surface area contributed by atoms with Crippen LogP contribution in [-0.2, 0) is 9.53 Å². The lowest BCUT2D eigenvalue weighted by atomic mass is 9.97. The zero-order valence-corrected chi connectivity index (χ0v) is 11.7. The monoisotopic (exact) mass is 282 g/mol. The molecule has 0 spiro atoms. The molecule has 2 unspecified atom stereocenters. The van der Waals surface area contributed by atoms with Crippen molar-refractivity contribution in [2.75, 3.05) is 25.0 Å². The van der Waals surface area contributed by atoms with Crippen LogP contribution in [0.15, 0.2) is 24.3 Å². The molecule has 5 heteroatoms. The molecule has 4 nitrogen and oxygen atoms in total. The van der Waals surface area contributed by atoms with Gasteiger partial charge in [0, 0.05) is 17.3 Å². The maximum atomic E-state index is 11.8. The molecule has 0 aliphatic carbocycles. The van der Waals surface area contributed by atoms with Crippen LogP contribution < -0.4 is 10.6 Å². The molecule has 0 bridgehead atoms. The number of hydrogen-bond donors (Lipinski definition) is 2. The van der Waals surface area contributed by atoms with E-state index in [-0.39, 0.29) is 18.6 Å². The van der Waals surface area contributed by atoms with E-state index in [1.807, 2.05) is 0 Å². The van der Waals surface area contributed by atoms with Gasteiger partial charge >= 0.3 is 0 Å². The first-order valence-electron chi connectivity index (χ1n) is 6.53. The molecule has 19 heavy (non-hydrogen) atoms. The smallest absolute Gasteiger partial charge is 0.250 e. The summed E-state index contributed by atoms with van der Waals surface area (Å²) in [6.45, 7) is 4.08. The first-order chi connectivity index (χ1) is 9.15. The van der Waals surface area contributed by atoms with Gasteiger partial charge in [-0.25, -0.2) is 0 Å². The molecule has 0 aromatic heterocycles. The van der Waals surface area contributed by atoms with Crippen LogP contribution in [0.5, 0.6) is 0 Å². The first kappa shape index (κ1) is 14.3. The van der Waals surface area contributed by atoms with Gasteiger partial charge in [-0.15, -0.1) is 0 Å². The third-order valence-electron chi connectivity index (χ3n) is 3.31. The lowest BCUT2D eigenvalue weighted by molar-refractivity contribution is -0.124. The van der Waals surface area contributed by atoms with Gasteiger partial charge in [-0.05, 0) is 43.1 Å². The van der Waals surface area contributed by atoms with Crippen LogP contribution in [0.25, 0.3) is 0 Å². The van der Waals surface area contributed by atoms with Crippen LogP contribution >= 0.6 is 11.6 Å². The SMILES string of the molecule is CC1CCNCC1OCC(=O)Nc1ccc(Cl)cc1. The van der Waals surface area contributed by atoms with E-state index in [9.17, 15) is 4.79 Å². The molecule has 1 amide bonds. The summed E-state index contributed by atoms with van der Waals surface area (Å²) in [5, 5.41) is 6.70. The average molecular weight is 283 g/mol. The van der Waals surface area contributed by atoms with E-state index in [2.05, 4.69) is 17.6 Å². The molecular formula is C14H19ClN2O2. The molecule has 2 atom stereocenters. The number of amides is 1. The van der Waals surface area contributed by atoms with Crippen molar-refractivity contribution in [3.05, 3.63) is 29.3 Å². The molecule has 1 fully saturated rings. The minimum absolute atomic E-state index is 0.0827. The summed E-state index contributed by atoms with van der Waals surface area (Å²) in [6.07, 6.45) is 1.20. The lowest BCUT2D eigenvalue weighted by Gasteiger charge is -2.29. The Morgan fingerprint density at radius 3 is 2.89 bits per heavy atom. The minimum atomic E-state index is -0.139. The average Bonchev–Trinajstić information content (AvgIpc) is 2.40. The maximum absolute atomic E-state index is 11.8. The summed E-state index contributed by atoms with van der Waals surface area (Å²) in [6, 6.07) is 7.02. The fraction of sp³-hybridized carbons (Fsp3) is 0.500. The number of anilines is 1. The highest BCUT2D eigenvalue weighted by atomic mass is 35.5. The van der Waals surface area contributed by atoms with E-state index >= 15 is 0 Å². The van der Waals surface area contributed by atoms with E-state index in [0.717, 1.165) is 25.2 Å². The number of carbonyl (C=O) groups excluding carboxylic acids is 1. The maximum Gasteiger partial charge on any atom is 0.250 e. The normalized spacial score (nSPS) is 23.1. The highest BCUT2D eigenvalue weighted by molar-refractivity contribution is 6.30. The Labute approximate surface area is 118 Å². The second kappa shape index (κ2) is 6.89. The summed E-state index contributed by atoms with van der Waals surface area (Å²) >= 11 is 5.78. The Hall–Kier alpha value is -1.10. The molecule has 1 heterocycles. The number of halogens is 1. The van der Waals surface area contributed by atoms with Crippen LogP contribution in [0.4, 0.5) is 5.69 Å². The summed E-state index contributed by atoms with van der Waals surface area (Å²) in [7, 11) is 0. The van der Waals surface area contributed by atoms with Gasteiger partial charge in [-0.2, -0.15) is 0 Å². The summed E-state index contributed by atoms with van der Waals surface area (Å²) in [4.78, 5) is 11.8. The standard InChI is InChI=1S/C14H19ClN2O2/c1-10-6-7-16-8-13(10)19-9-14(18)17-12-4-2-11(15)3-5-12/h2-5,10,13,16H,6-9H2,1H3,(H,17,18). The Balaban J connectivity index is 1.76. The number of piperidine rings is 1. The fourth-order valence-corrected chi connectivity index (χ4v) is 2.22. The van der Waals surface area contributed by atoms with E-state index in [4.69, 9.17) is 16.3 Å². The Morgan fingerprint density at radius 1 is 1.47 bits per heavy atom. The van der Waals surface area contributed by atoms with Crippen molar-refractivity contribution in [2.45, 2.75) is 19.4 Å². The van der Waals surface area contributed by atoms with E-state index in [0.29, 0.717) is 10.9 Å². The third-order valence-corrected chi connectivity index (χ3v) is 3.57. The number of hydrogen-bond acceptors (Lipinski definition) is 3. The van der Waals surface area contributed by atoms with Gasteiger partial charge in [0.15, 0.2) is 0 Å². The Bertz CT molecular complexity index is 422. The van der Waals surface area contributed by atoms with Crippen molar-refractivity contribution in [3.8, 4) is 0 Å². The van der Waals surface area contributed by atoms with Crippen molar-refractivity contribution >= 4 is 23.2 Å². The minimum Gasteiger partial charge on any atom is -0.367 e. The molecule has 1 saturated heterocycles. The topological polar surface area (TPSA) is 50.4 Å². The highest BCUT2D eigenvalue weighted by Gasteiger charge is 2.22. The van der Waals surface area contributed by atoms with Crippen molar-refractivity contribution in [2.24, 2.45) is 5.92 Å². The number of benzene rings is 1. The summed E-state index contributed by atoms with van der Waals surface area (Å²) in [5.74, 6) is 0.352. The van der Waals surface area contributed by atoms with Gasteiger partial charge < -0.3 is 15.4 Å². The largest absolute Gasteiger partial charge is 0.367 e. The Kier molecular flexibility index (Phi) is 5.19. The zero-order chi connectivity index (χ0) is 13.7. The van der Waals surface area contributed by atoms with Crippen LogP contribution in [0.2, 0.25) is 5.02 Å². The first-order valence-corrected chi connectivity index (χ1v) is 6.90. The van der Waals surface area contributed by atoms with E-state index in [1.54, 1.807) is 24.3 Å². The molecule has 2 N–H and O–H groups in total. The fourth-order valence-electron chi connectivity index (χ4n) is 2.10. The van der Waals surface area contributed by atoms with Crippen LogP contribution in [0.3, 0.4) is 0 Å². The second-order valence-corrected chi connectivity index (χ2v) is 5.31. The highest BCUT2D eigenvalue weighted by Crippen LogP contribution is 2.15. The molecule has 104 valence electrons. The lowest BCUT2D eigenvalue weighted by Crippen LogP contribution is -2.42. The number of ether oxygens (including phenoxy) is 1. The van der Waals surface area contributed by atoms with Gasteiger partial charge in [0.2, 0.25) is 5.91 Å². The van der Waals surface area contributed by atoms with Crippen molar-refractivity contribution in [3.63, 3.8) is 0 Å². The molecule has 2 rings (SSSR count). The van der Waals surface area contributed by atoms with E-state index < -0.39 is 0 Å². The molecule has 0 radical (unpaired) electrons. The van der Waals surface area contributed by atoms with Gasteiger partial charge in [0.05, 0.1) is 6.10 Å². The van der Waals surface area contributed by atoms with Crippen molar-refractivity contribution in [1.82, 2.24) is 5.32 Å². The zero-order valence-electron chi connectivity index (χ0n) is 11.0. The quantitative estimate of drug-likeness (QED) is 0.891. The van der Waals surface area contributed by atoms with Crippen LogP contribution in [0, 0.1) is 5.92 Å². The third kappa shape index (κ3) is 4.49. The molecular weight excluding hydrogens is 264 g/mol. The van der Waals surface area contributed by atoms with Gasteiger partial charge in [0.1, 0.15) is 6.61 Å². The van der Waals surface area contributed by atoms with Gasteiger partial charge in [-0.1, -0.05) is 18.5 Å². The molecule has 1 aliphatic heterocycles. The molecule has 1 aliphatic rings. The van der Waals surface area contributed by atoms with E-state index in [1.165, 1.54) is 0 Å². The Morgan fingerprint density at radius 2 is 2.21 bits per heavy atom. The molecule has 1 aromatic carbocycles. The van der Waals surface area contributed by atoms with Crippen molar-refractivity contribution in [1.29, 1.82) is 0 Å². The number of carbonyl (C=O) groups is 1. The summed E-state index contributed by atoms with van der Waals surface area (Å²) < 4.78 is 5.65. The predicted octanol–water partition coefficient (Wildman–Crippen LogP) is 2.29. The van der Waals surface area contributed by atoms with Gasteiger partial charge in [0.25, 0.3) is 0 Å². The van der Waals surface area contributed by atoms with Gasteiger partial charge in [-0.3, -0.25) is 4.79 Å². The second-order valence-electron chi connectivity index (χ2n) is 4.87. The number of nitrogens with one attached hydrogen (secondary N) is 2. The summed E-state index contributed by atoms with van der Waals surface area (Å²) in [5.41, 5.74) is 0.729. The van der Waals surface area contributed by atoms with Crippen LogP contribution in [-0.4, -0.2) is 31.7 Å². The number of rotatable bonds is 4. The predicted molar refractivity (Wildman–Crippen MR) is 76.5 cm³/mol. The molecule has 1 aromatic rings. The van der Waals surface area contributed by atoms with Crippen LogP contribution in [0.1, 0.15) is 13.3 Å². The molecule has 0 saturated carbocycles.